The van der Waals surface area contributed by atoms with Crippen LogP contribution in [-0.4, -0.2) is 25.9 Å². The fraction of sp³-hybridized carbons (Fsp3) is 0.190. The Morgan fingerprint density at radius 1 is 1.17 bits per heavy atom. The van der Waals surface area contributed by atoms with E-state index >= 15 is 0 Å². The highest BCUT2D eigenvalue weighted by Gasteiger charge is 2.17. The van der Waals surface area contributed by atoms with E-state index in [1.54, 1.807) is 6.92 Å². The van der Waals surface area contributed by atoms with Crippen LogP contribution in [0.15, 0.2) is 63.9 Å². The van der Waals surface area contributed by atoms with Crippen molar-refractivity contribution in [3.05, 3.63) is 71.6 Å². The van der Waals surface area contributed by atoms with Crippen molar-refractivity contribution in [1.29, 1.82) is 5.26 Å². The summed E-state index contributed by atoms with van der Waals surface area (Å²) in [5.41, 5.74) is 1.52. The quantitative estimate of drug-likeness (QED) is 0.434. The molecule has 0 spiro atoms. The number of hydrogen-bond donors (Lipinski definition) is 1. The van der Waals surface area contributed by atoms with E-state index in [9.17, 15) is 13.2 Å². The fourth-order valence-corrected chi connectivity index (χ4v) is 3.61. The van der Waals surface area contributed by atoms with Crippen LogP contribution in [0.3, 0.4) is 0 Å². The largest absolute Gasteiger partial charge is 0.455 e. The Balaban J connectivity index is 1.63. The van der Waals surface area contributed by atoms with Gasteiger partial charge in [0.05, 0.1) is 16.5 Å². The molecule has 3 aromatic rings. The lowest BCUT2D eigenvalue weighted by Crippen LogP contribution is -2.24. The topological polar surface area (TPSA) is 122 Å². The number of nitrogens with zero attached hydrogens (tertiary/aromatic N) is 2. The highest BCUT2D eigenvalue weighted by atomic mass is 32.2. The van der Waals surface area contributed by atoms with Crippen LogP contribution in [0.4, 0.5) is 0 Å². The Hall–Kier alpha value is -3.48. The van der Waals surface area contributed by atoms with Crippen molar-refractivity contribution >= 4 is 16.0 Å². The maximum absolute atomic E-state index is 12.3. The van der Waals surface area contributed by atoms with Gasteiger partial charge in [0.25, 0.3) is 0 Å². The number of aryl methyl sites for hydroxylation is 1. The van der Waals surface area contributed by atoms with E-state index in [1.165, 1.54) is 24.3 Å². The zero-order chi connectivity index (χ0) is 21.6. The predicted octanol–water partition coefficient (Wildman–Crippen LogP) is 3.20. The summed E-state index contributed by atoms with van der Waals surface area (Å²) in [6.45, 7) is 1.68. The molecule has 0 aliphatic heterocycles. The number of benzene rings is 2. The number of rotatable bonds is 8. The molecule has 3 rings (SSSR count). The summed E-state index contributed by atoms with van der Waals surface area (Å²) in [5.74, 6) is 0.379. The third-order valence-electron chi connectivity index (χ3n) is 4.18. The first-order valence-corrected chi connectivity index (χ1v) is 10.5. The number of hydrogen-bond acceptors (Lipinski definition) is 7. The number of aromatic nitrogens is 1. The van der Waals surface area contributed by atoms with Gasteiger partial charge in [-0.3, -0.25) is 0 Å². The van der Waals surface area contributed by atoms with E-state index in [1.807, 2.05) is 36.4 Å². The third kappa shape index (κ3) is 5.11. The van der Waals surface area contributed by atoms with Gasteiger partial charge in [0.15, 0.2) is 0 Å². The summed E-state index contributed by atoms with van der Waals surface area (Å²) >= 11 is 0. The Bertz CT molecular complexity index is 1160. The van der Waals surface area contributed by atoms with Gasteiger partial charge in [-0.2, -0.15) is 5.26 Å². The third-order valence-corrected chi connectivity index (χ3v) is 5.66. The summed E-state index contributed by atoms with van der Waals surface area (Å²) in [6.07, 6.45) is 0.0666. The smallest absolute Gasteiger partial charge is 0.338 e. The minimum absolute atomic E-state index is 0.00293. The Morgan fingerprint density at radius 2 is 1.87 bits per heavy atom. The van der Waals surface area contributed by atoms with Crippen LogP contribution in [0.1, 0.15) is 28.2 Å². The van der Waals surface area contributed by atoms with E-state index in [0.29, 0.717) is 17.3 Å². The molecule has 30 heavy (non-hydrogen) atoms. The molecule has 0 saturated heterocycles. The molecule has 0 radical (unpaired) electrons. The van der Waals surface area contributed by atoms with Gasteiger partial charge >= 0.3 is 5.97 Å². The minimum atomic E-state index is -3.74. The second kappa shape index (κ2) is 9.35. The van der Waals surface area contributed by atoms with Gasteiger partial charge in [-0.15, -0.1) is 0 Å². The molecular weight excluding hydrogens is 406 g/mol. The number of sulfonamides is 1. The van der Waals surface area contributed by atoms with Crippen LogP contribution in [0.5, 0.6) is 0 Å². The lowest BCUT2D eigenvalue weighted by molar-refractivity contribution is 0.0467. The van der Waals surface area contributed by atoms with Crippen LogP contribution >= 0.6 is 0 Å². The predicted molar refractivity (Wildman–Crippen MR) is 108 cm³/mol. The summed E-state index contributed by atoms with van der Waals surface area (Å²) < 4.78 is 37.4. The van der Waals surface area contributed by atoms with Crippen LogP contribution in [0.2, 0.25) is 0 Å². The first kappa shape index (κ1) is 21.2. The van der Waals surface area contributed by atoms with Gasteiger partial charge in [-0.25, -0.2) is 22.9 Å². The number of nitriles is 1. The maximum Gasteiger partial charge on any atom is 0.338 e. The molecule has 0 amide bonds. The Morgan fingerprint density at radius 3 is 2.53 bits per heavy atom. The van der Waals surface area contributed by atoms with Crippen molar-refractivity contribution in [3.8, 4) is 17.5 Å². The number of esters is 1. The van der Waals surface area contributed by atoms with E-state index in [0.717, 1.165) is 5.56 Å². The number of oxazole rings is 1. The minimum Gasteiger partial charge on any atom is -0.455 e. The standard InChI is InChI=1S/C21H19N3O5S/c1-15-19(24-20(29-15)16-6-3-2-4-7-16)14-28-21(25)17-8-10-18(11-9-17)30(26,27)23-13-5-12-22/h2-4,6-11,23H,5,13-14H2,1H3. The van der Waals surface area contributed by atoms with Crippen LogP contribution in [0, 0.1) is 18.3 Å². The van der Waals surface area contributed by atoms with Gasteiger partial charge in [0, 0.05) is 18.5 Å². The van der Waals surface area contributed by atoms with Crippen molar-refractivity contribution < 1.29 is 22.4 Å². The molecule has 0 unspecified atom stereocenters. The van der Waals surface area contributed by atoms with Crippen LogP contribution < -0.4 is 4.72 Å². The van der Waals surface area contributed by atoms with Crippen molar-refractivity contribution in [1.82, 2.24) is 9.71 Å². The first-order chi connectivity index (χ1) is 14.4. The normalized spacial score (nSPS) is 11.1. The zero-order valence-electron chi connectivity index (χ0n) is 16.2. The molecule has 8 nitrogen and oxygen atoms in total. The van der Waals surface area contributed by atoms with Gasteiger partial charge in [0.1, 0.15) is 18.1 Å². The molecule has 2 aromatic carbocycles. The molecule has 0 atom stereocenters. The van der Waals surface area contributed by atoms with E-state index < -0.39 is 16.0 Å². The number of carbonyl (C=O) groups excluding carboxylic acids is 1. The molecule has 1 aromatic heterocycles. The van der Waals surface area contributed by atoms with Crippen LogP contribution in [0.25, 0.3) is 11.5 Å². The highest BCUT2D eigenvalue weighted by molar-refractivity contribution is 7.89. The average molecular weight is 425 g/mol. The highest BCUT2D eigenvalue weighted by Crippen LogP contribution is 2.22. The van der Waals surface area contributed by atoms with Gasteiger partial charge in [-0.1, -0.05) is 18.2 Å². The molecule has 0 bridgehead atoms. The van der Waals surface area contributed by atoms with E-state index in [-0.39, 0.29) is 30.0 Å². The Kier molecular flexibility index (Phi) is 6.61. The molecule has 0 saturated carbocycles. The average Bonchev–Trinajstić information content (AvgIpc) is 3.13. The van der Waals surface area contributed by atoms with Gasteiger partial charge < -0.3 is 9.15 Å². The monoisotopic (exact) mass is 425 g/mol. The summed E-state index contributed by atoms with van der Waals surface area (Å²) in [6, 6.07) is 16.6. The lowest BCUT2D eigenvalue weighted by atomic mass is 10.2. The molecular formula is C21H19N3O5S. The number of nitrogens with one attached hydrogen (secondary N) is 1. The molecule has 9 heteroatoms. The molecule has 154 valence electrons. The van der Waals surface area contributed by atoms with Crippen molar-refractivity contribution in [2.45, 2.75) is 24.8 Å². The molecule has 1 heterocycles. The Labute approximate surface area is 174 Å². The summed E-state index contributed by atoms with van der Waals surface area (Å²) in [7, 11) is -3.74. The van der Waals surface area contributed by atoms with E-state index in [4.69, 9.17) is 14.4 Å². The van der Waals surface area contributed by atoms with E-state index in [2.05, 4.69) is 9.71 Å². The number of carbonyl (C=O) groups is 1. The lowest BCUT2D eigenvalue weighted by Gasteiger charge is -2.07. The first-order valence-electron chi connectivity index (χ1n) is 9.06. The van der Waals surface area contributed by atoms with Crippen molar-refractivity contribution in [2.24, 2.45) is 0 Å². The summed E-state index contributed by atoms with van der Waals surface area (Å²) in [4.78, 5) is 16.7. The van der Waals surface area contributed by atoms with Crippen LogP contribution in [-0.2, 0) is 21.4 Å². The van der Waals surface area contributed by atoms with Gasteiger partial charge in [0.2, 0.25) is 15.9 Å². The molecule has 0 aliphatic rings. The molecule has 0 fully saturated rings. The SMILES string of the molecule is Cc1oc(-c2ccccc2)nc1COC(=O)c1ccc(S(=O)(=O)NCCC#N)cc1. The van der Waals surface area contributed by atoms with Gasteiger partial charge in [-0.05, 0) is 43.3 Å². The second-order valence-corrected chi connectivity index (χ2v) is 8.06. The van der Waals surface area contributed by atoms with Crippen molar-refractivity contribution in [3.63, 3.8) is 0 Å². The molecule has 1 N–H and O–H groups in total. The number of ether oxygens (including phenoxy) is 1. The maximum atomic E-state index is 12.3. The van der Waals surface area contributed by atoms with Crippen molar-refractivity contribution in [2.75, 3.05) is 6.54 Å². The molecule has 0 aliphatic carbocycles. The zero-order valence-corrected chi connectivity index (χ0v) is 17.0. The summed E-state index contributed by atoms with van der Waals surface area (Å²) in [5, 5.41) is 8.49. The fourth-order valence-electron chi connectivity index (χ4n) is 2.58. The second-order valence-electron chi connectivity index (χ2n) is 6.29.